The van der Waals surface area contributed by atoms with Crippen LogP contribution >= 0.6 is 0 Å². The molecule has 0 radical (unpaired) electrons. The van der Waals surface area contributed by atoms with Gasteiger partial charge in [0.1, 0.15) is 5.76 Å². The van der Waals surface area contributed by atoms with Crippen LogP contribution in [0.4, 0.5) is 0 Å². The molecule has 1 aromatic heterocycles. The van der Waals surface area contributed by atoms with Gasteiger partial charge in [-0.05, 0) is 31.6 Å². The van der Waals surface area contributed by atoms with Crippen LogP contribution in [-0.2, 0) is 17.8 Å². The average Bonchev–Trinajstić information content (AvgIpc) is 3.00. The van der Waals surface area contributed by atoms with Gasteiger partial charge in [-0.25, -0.2) is 4.98 Å². The molecule has 0 bridgehead atoms. The number of aromatic nitrogens is 1. The molecule has 1 saturated carbocycles. The molecule has 3 atom stereocenters. The predicted molar refractivity (Wildman–Crippen MR) is 79.6 cm³/mol. The summed E-state index contributed by atoms with van der Waals surface area (Å²) in [5, 5.41) is 6.49. The minimum Gasteiger partial charge on any atom is -0.444 e. The van der Waals surface area contributed by atoms with E-state index in [-0.39, 0.29) is 11.9 Å². The normalized spacial score (nSPS) is 28.9. The van der Waals surface area contributed by atoms with E-state index in [0.29, 0.717) is 18.5 Å². The number of amides is 1. The first-order valence-electron chi connectivity index (χ1n) is 8.23. The smallest absolute Gasteiger partial charge is 0.237 e. The second kappa shape index (κ2) is 6.60. The summed E-state index contributed by atoms with van der Waals surface area (Å²) in [6, 6.07) is 0.488. The van der Waals surface area contributed by atoms with Crippen molar-refractivity contribution >= 4 is 5.91 Å². The van der Waals surface area contributed by atoms with Gasteiger partial charge >= 0.3 is 0 Å². The topological polar surface area (TPSA) is 67.2 Å². The minimum absolute atomic E-state index is 0.0510. The Kier molecular flexibility index (Phi) is 4.58. The molecule has 1 aliphatic heterocycles. The molecule has 2 aliphatic rings. The van der Waals surface area contributed by atoms with Crippen molar-refractivity contribution in [1.82, 2.24) is 15.6 Å². The van der Waals surface area contributed by atoms with Crippen LogP contribution < -0.4 is 10.6 Å². The van der Waals surface area contributed by atoms with E-state index in [1.165, 1.54) is 32.1 Å². The molecule has 5 heteroatoms. The third-order valence-electron chi connectivity index (χ3n) is 4.83. The van der Waals surface area contributed by atoms with Gasteiger partial charge in [0.25, 0.3) is 0 Å². The summed E-state index contributed by atoms with van der Waals surface area (Å²) < 4.78 is 5.51. The van der Waals surface area contributed by atoms with Crippen molar-refractivity contribution in [1.29, 1.82) is 0 Å². The molecule has 3 rings (SSSR count). The van der Waals surface area contributed by atoms with Gasteiger partial charge in [-0.3, -0.25) is 4.79 Å². The molecule has 2 heterocycles. The van der Waals surface area contributed by atoms with E-state index < -0.39 is 0 Å². The number of piperidine rings is 1. The summed E-state index contributed by atoms with van der Waals surface area (Å²) in [6.45, 7) is 2.40. The van der Waals surface area contributed by atoms with Gasteiger partial charge in [-0.15, -0.1) is 0 Å². The van der Waals surface area contributed by atoms with Crippen molar-refractivity contribution < 1.29 is 9.21 Å². The number of hydrogen-bond acceptors (Lipinski definition) is 4. The van der Waals surface area contributed by atoms with Gasteiger partial charge in [-0.2, -0.15) is 0 Å². The van der Waals surface area contributed by atoms with Crippen molar-refractivity contribution in [2.45, 2.75) is 70.5 Å². The zero-order chi connectivity index (χ0) is 14.7. The molecule has 5 nitrogen and oxygen atoms in total. The zero-order valence-corrected chi connectivity index (χ0v) is 12.7. The van der Waals surface area contributed by atoms with Gasteiger partial charge < -0.3 is 15.1 Å². The highest BCUT2D eigenvalue weighted by Crippen LogP contribution is 2.32. The van der Waals surface area contributed by atoms with Crippen LogP contribution in [0.25, 0.3) is 0 Å². The number of nitrogens with one attached hydrogen (secondary N) is 2. The molecular formula is C16H25N3O2. The average molecular weight is 291 g/mol. The highest BCUT2D eigenvalue weighted by atomic mass is 16.4. The lowest BCUT2D eigenvalue weighted by molar-refractivity contribution is -0.124. The second-order valence-electron chi connectivity index (χ2n) is 6.24. The number of oxazole rings is 1. The third kappa shape index (κ3) is 3.46. The van der Waals surface area contributed by atoms with E-state index in [1.807, 2.05) is 6.92 Å². The van der Waals surface area contributed by atoms with E-state index in [4.69, 9.17) is 4.42 Å². The zero-order valence-electron chi connectivity index (χ0n) is 12.7. The maximum absolute atomic E-state index is 12.3. The molecule has 3 unspecified atom stereocenters. The SMILES string of the molecule is CCc1cnc(CNC(=O)C2CCC3CCCCC3N2)o1. The first-order valence-corrected chi connectivity index (χ1v) is 8.23. The first kappa shape index (κ1) is 14.6. The Morgan fingerprint density at radius 3 is 3.05 bits per heavy atom. The lowest BCUT2D eigenvalue weighted by atomic mass is 9.77. The molecule has 1 amide bonds. The monoisotopic (exact) mass is 291 g/mol. The number of hydrogen-bond donors (Lipinski definition) is 2. The van der Waals surface area contributed by atoms with E-state index in [9.17, 15) is 4.79 Å². The van der Waals surface area contributed by atoms with Crippen LogP contribution in [0.2, 0.25) is 0 Å². The van der Waals surface area contributed by atoms with Crippen molar-refractivity contribution in [3.63, 3.8) is 0 Å². The molecule has 116 valence electrons. The molecule has 1 aliphatic carbocycles. The van der Waals surface area contributed by atoms with Gasteiger partial charge in [0, 0.05) is 12.5 Å². The number of aryl methyl sites for hydroxylation is 1. The van der Waals surface area contributed by atoms with Crippen LogP contribution in [-0.4, -0.2) is 23.0 Å². The van der Waals surface area contributed by atoms with Crippen LogP contribution in [0.15, 0.2) is 10.6 Å². The quantitative estimate of drug-likeness (QED) is 0.892. The summed E-state index contributed by atoms with van der Waals surface area (Å²) in [5.41, 5.74) is 0. The predicted octanol–water partition coefficient (Wildman–Crippen LogP) is 2.16. The molecule has 2 N–H and O–H groups in total. The Hall–Kier alpha value is -1.36. The van der Waals surface area contributed by atoms with E-state index in [1.54, 1.807) is 6.20 Å². The lowest BCUT2D eigenvalue weighted by Crippen LogP contribution is -2.54. The molecule has 21 heavy (non-hydrogen) atoms. The number of fused-ring (bicyclic) bond motifs is 1. The van der Waals surface area contributed by atoms with Crippen molar-refractivity contribution in [2.24, 2.45) is 5.92 Å². The molecule has 2 fully saturated rings. The Morgan fingerprint density at radius 1 is 1.38 bits per heavy atom. The molecule has 1 saturated heterocycles. The molecular weight excluding hydrogens is 266 g/mol. The highest BCUT2D eigenvalue weighted by Gasteiger charge is 2.34. The summed E-state index contributed by atoms with van der Waals surface area (Å²) >= 11 is 0. The maximum Gasteiger partial charge on any atom is 0.237 e. The fraction of sp³-hybridized carbons (Fsp3) is 0.750. The van der Waals surface area contributed by atoms with Gasteiger partial charge in [0.2, 0.25) is 11.8 Å². The summed E-state index contributed by atoms with van der Waals surface area (Å²) in [4.78, 5) is 16.4. The fourth-order valence-corrected chi connectivity index (χ4v) is 3.58. The van der Waals surface area contributed by atoms with E-state index >= 15 is 0 Å². The van der Waals surface area contributed by atoms with Crippen molar-refractivity contribution in [2.75, 3.05) is 0 Å². The molecule has 0 spiro atoms. The van der Waals surface area contributed by atoms with Gasteiger partial charge in [0.15, 0.2) is 0 Å². The van der Waals surface area contributed by atoms with Crippen LogP contribution in [0.1, 0.15) is 57.1 Å². The molecule has 0 aromatic carbocycles. The third-order valence-corrected chi connectivity index (χ3v) is 4.83. The highest BCUT2D eigenvalue weighted by molar-refractivity contribution is 5.81. The largest absolute Gasteiger partial charge is 0.444 e. The van der Waals surface area contributed by atoms with E-state index in [0.717, 1.165) is 24.5 Å². The minimum atomic E-state index is -0.0510. The fourth-order valence-electron chi connectivity index (χ4n) is 3.58. The summed E-state index contributed by atoms with van der Waals surface area (Å²) in [6.07, 6.45) is 9.85. The second-order valence-corrected chi connectivity index (χ2v) is 6.24. The van der Waals surface area contributed by atoms with Crippen LogP contribution in [0.5, 0.6) is 0 Å². The molecule has 1 aromatic rings. The Bertz CT molecular complexity index is 486. The van der Waals surface area contributed by atoms with Gasteiger partial charge in [-0.1, -0.05) is 19.8 Å². The number of carbonyl (C=O) groups is 1. The number of rotatable bonds is 4. The van der Waals surface area contributed by atoms with Crippen LogP contribution in [0, 0.1) is 5.92 Å². The van der Waals surface area contributed by atoms with E-state index in [2.05, 4.69) is 15.6 Å². The number of nitrogens with zero attached hydrogens (tertiary/aromatic N) is 1. The Labute approximate surface area is 125 Å². The Balaban J connectivity index is 1.49. The maximum atomic E-state index is 12.3. The summed E-state index contributed by atoms with van der Waals surface area (Å²) in [7, 11) is 0. The van der Waals surface area contributed by atoms with Crippen molar-refractivity contribution in [3.05, 3.63) is 17.8 Å². The standard InChI is InChI=1S/C16H25N3O2/c1-2-12-9-17-15(21-12)10-18-16(20)14-8-7-11-5-3-4-6-13(11)19-14/h9,11,13-14,19H,2-8,10H2,1H3,(H,18,20). The number of carbonyl (C=O) groups excluding carboxylic acids is 1. The lowest BCUT2D eigenvalue weighted by Gasteiger charge is -2.39. The Morgan fingerprint density at radius 2 is 2.24 bits per heavy atom. The van der Waals surface area contributed by atoms with Crippen LogP contribution in [0.3, 0.4) is 0 Å². The van der Waals surface area contributed by atoms with Gasteiger partial charge in [0.05, 0.1) is 18.8 Å². The summed E-state index contributed by atoms with van der Waals surface area (Å²) in [5.74, 6) is 2.31. The van der Waals surface area contributed by atoms with Crippen molar-refractivity contribution in [3.8, 4) is 0 Å². The first-order chi connectivity index (χ1) is 10.3.